The van der Waals surface area contributed by atoms with E-state index in [2.05, 4.69) is 71.3 Å². The maximum Gasteiger partial charge on any atom is 0.246 e. The zero-order chi connectivity index (χ0) is 29.4. The van der Waals surface area contributed by atoms with Gasteiger partial charge in [-0.1, -0.05) is 31.7 Å². The van der Waals surface area contributed by atoms with E-state index in [-0.39, 0.29) is 42.3 Å². The van der Waals surface area contributed by atoms with Crippen molar-refractivity contribution in [2.75, 3.05) is 39.8 Å². The molecule has 1 aromatic rings. The van der Waals surface area contributed by atoms with E-state index in [0.717, 1.165) is 32.2 Å². The largest absolute Gasteiger partial charge is 0.348 e. The second kappa shape index (κ2) is 12.4. The lowest BCUT2D eigenvalue weighted by Crippen LogP contribution is -2.75. The number of carbonyl (C=O) groups is 2. The smallest absolute Gasteiger partial charge is 0.246 e. The minimum Gasteiger partial charge on any atom is -0.348 e. The van der Waals surface area contributed by atoms with Crippen LogP contribution in [-0.2, 0) is 14.3 Å². The molecule has 2 N–H and O–H groups in total. The SMILES string of the molecule is C=CC(=O)N1CCN(C2NC(OCC3CCCN3C)NC3C(=O)[C@@]4(CCC32)CC(C)c2ccccc2S4)CC1CC#N. The van der Waals surface area contributed by atoms with Crippen molar-refractivity contribution >= 4 is 23.5 Å². The van der Waals surface area contributed by atoms with Crippen LogP contribution < -0.4 is 10.6 Å². The first-order valence-corrected chi connectivity index (χ1v) is 16.4. The maximum absolute atomic E-state index is 14.6. The molecule has 10 heteroatoms. The molecule has 1 saturated carbocycles. The van der Waals surface area contributed by atoms with E-state index < -0.39 is 11.1 Å². The van der Waals surface area contributed by atoms with Crippen LogP contribution in [0.4, 0.5) is 0 Å². The zero-order valence-corrected chi connectivity index (χ0v) is 25.7. The summed E-state index contributed by atoms with van der Waals surface area (Å²) in [6, 6.07) is 10.6. The minimum atomic E-state index is -0.454. The van der Waals surface area contributed by atoms with Crippen LogP contribution in [0.3, 0.4) is 0 Å². The number of likely N-dealkylation sites (N-methyl/N-ethyl adjacent to an activating group) is 1. The number of hydrogen-bond acceptors (Lipinski definition) is 9. The molecule has 1 aromatic carbocycles. The number of ketones is 1. The number of likely N-dealkylation sites (tertiary alicyclic amines) is 1. The van der Waals surface area contributed by atoms with Crippen LogP contribution in [0.2, 0.25) is 0 Å². The Morgan fingerprint density at radius 2 is 2.07 bits per heavy atom. The van der Waals surface area contributed by atoms with E-state index >= 15 is 0 Å². The van der Waals surface area contributed by atoms with Crippen molar-refractivity contribution in [3.63, 3.8) is 0 Å². The molecule has 0 radical (unpaired) electrons. The van der Waals surface area contributed by atoms with Gasteiger partial charge in [0, 0.05) is 36.5 Å². The van der Waals surface area contributed by atoms with Crippen LogP contribution in [0.1, 0.15) is 56.9 Å². The first-order chi connectivity index (χ1) is 20.3. The Balaban J connectivity index is 1.25. The standard InChI is InChI=1S/C32H44N6O3S/c1-4-27(39)38-17-16-37(19-22(38)12-14-33)30-25-11-13-32(18-21(2)24-9-5-6-10-26(24)42-32)29(40)28(25)34-31(35-30)41-20-23-8-7-15-36(23)3/h4-6,9-10,21-23,25,28,30-31,34-35H,1,7-8,11-13,15-20H2,2-3H3/t21?,22?,23?,25?,28?,30?,31?,32-/m1/s1. The normalized spacial score (nSPS) is 37.2. The molecule has 9 nitrogen and oxygen atoms in total. The van der Waals surface area contributed by atoms with Gasteiger partial charge in [-0.2, -0.15) is 5.26 Å². The van der Waals surface area contributed by atoms with E-state index in [4.69, 9.17) is 4.74 Å². The highest BCUT2D eigenvalue weighted by atomic mass is 32.2. The lowest BCUT2D eigenvalue weighted by Gasteiger charge is -2.55. The van der Waals surface area contributed by atoms with Crippen LogP contribution in [0.15, 0.2) is 41.8 Å². The Morgan fingerprint density at radius 1 is 1.24 bits per heavy atom. The molecule has 4 aliphatic heterocycles. The van der Waals surface area contributed by atoms with Gasteiger partial charge in [-0.25, -0.2) is 0 Å². The number of benzene rings is 1. The maximum atomic E-state index is 14.6. The Bertz CT molecular complexity index is 1240. The van der Waals surface area contributed by atoms with Crippen LogP contribution in [0.5, 0.6) is 0 Å². The van der Waals surface area contributed by atoms with Gasteiger partial charge in [0.15, 0.2) is 12.1 Å². The van der Waals surface area contributed by atoms with E-state index in [1.54, 1.807) is 16.7 Å². The lowest BCUT2D eigenvalue weighted by molar-refractivity contribution is -0.145. The number of ether oxygens (including phenoxy) is 1. The van der Waals surface area contributed by atoms with Crippen LogP contribution in [0, 0.1) is 17.2 Å². The molecule has 5 aliphatic rings. The molecular formula is C32H44N6O3S. The molecule has 0 aromatic heterocycles. The van der Waals surface area contributed by atoms with Crippen molar-refractivity contribution in [1.82, 2.24) is 25.3 Å². The minimum absolute atomic E-state index is 0.0644. The van der Waals surface area contributed by atoms with Crippen LogP contribution in [0.25, 0.3) is 0 Å². The number of carbonyl (C=O) groups excluding carboxylic acids is 2. The van der Waals surface area contributed by atoms with Gasteiger partial charge in [-0.15, -0.1) is 11.8 Å². The Morgan fingerprint density at radius 3 is 2.83 bits per heavy atom. The van der Waals surface area contributed by atoms with Gasteiger partial charge >= 0.3 is 0 Å². The third-order valence-electron chi connectivity index (χ3n) is 10.3. The van der Waals surface area contributed by atoms with Crippen molar-refractivity contribution in [1.29, 1.82) is 5.26 Å². The molecule has 1 aliphatic carbocycles. The highest BCUT2D eigenvalue weighted by Crippen LogP contribution is 2.54. The fourth-order valence-electron chi connectivity index (χ4n) is 8.03. The number of Topliss-reactive ketones (excluding diaryl/α,β-unsaturated/α-hetero) is 1. The summed E-state index contributed by atoms with van der Waals surface area (Å²) in [5, 5.41) is 16.9. The Labute approximate surface area is 254 Å². The fourth-order valence-corrected chi connectivity index (χ4v) is 9.76. The van der Waals surface area contributed by atoms with Crippen LogP contribution in [-0.4, -0.2) is 102 Å². The molecule has 7 unspecified atom stereocenters. The average molecular weight is 593 g/mol. The van der Waals surface area contributed by atoms with Gasteiger partial charge in [0.05, 0.1) is 42.1 Å². The van der Waals surface area contributed by atoms with Gasteiger partial charge in [0.25, 0.3) is 0 Å². The zero-order valence-electron chi connectivity index (χ0n) is 24.8. The van der Waals surface area contributed by atoms with E-state index in [1.165, 1.54) is 23.0 Å². The van der Waals surface area contributed by atoms with E-state index in [1.807, 2.05) is 0 Å². The van der Waals surface area contributed by atoms with E-state index in [9.17, 15) is 14.9 Å². The lowest BCUT2D eigenvalue weighted by atomic mass is 9.70. The molecule has 1 spiro atoms. The molecule has 42 heavy (non-hydrogen) atoms. The molecule has 1 amide bonds. The second-order valence-corrected chi connectivity index (χ2v) is 14.2. The van der Waals surface area contributed by atoms with Crippen molar-refractivity contribution < 1.29 is 14.3 Å². The number of rotatable bonds is 6. The number of hydrogen-bond donors (Lipinski definition) is 2. The predicted molar refractivity (Wildman–Crippen MR) is 163 cm³/mol. The Hall–Kier alpha value is -2.26. The molecule has 4 heterocycles. The fraction of sp³-hybridized carbons (Fsp3) is 0.656. The molecular weight excluding hydrogens is 548 g/mol. The summed E-state index contributed by atoms with van der Waals surface area (Å²) in [6.07, 6.45) is 5.94. The molecule has 0 bridgehead atoms. The molecule has 4 fully saturated rings. The Kier molecular flexibility index (Phi) is 8.79. The van der Waals surface area contributed by atoms with Crippen molar-refractivity contribution in [2.45, 2.75) is 91.7 Å². The van der Waals surface area contributed by atoms with Gasteiger partial charge in [0.1, 0.15) is 0 Å². The summed E-state index contributed by atoms with van der Waals surface area (Å²) in [7, 11) is 2.15. The highest BCUT2D eigenvalue weighted by molar-refractivity contribution is 8.01. The number of nitrogens with zero attached hydrogens (tertiary/aromatic N) is 4. The summed E-state index contributed by atoms with van der Waals surface area (Å²) in [5.41, 5.74) is 1.34. The van der Waals surface area contributed by atoms with Gasteiger partial charge in [-0.05, 0) is 69.3 Å². The summed E-state index contributed by atoms with van der Waals surface area (Å²) < 4.78 is 6.03. The third-order valence-corrected chi connectivity index (χ3v) is 11.9. The first kappa shape index (κ1) is 29.8. The number of nitriles is 1. The molecule has 226 valence electrons. The summed E-state index contributed by atoms with van der Waals surface area (Å²) in [5.74, 6) is 0.547. The number of thioether (sulfide) groups is 1. The monoisotopic (exact) mass is 592 g/mol. The van der Waals surface area contributed by atoms with E-state index in [0.29, 0.717) is 38.2 Å². The summed E-state index contributed by atoms with van der Waals surface area (Å²) >= 11 is 1.77. The van der Waals surface area contributed by atoms with Gasteiger partial charge < -0.3 is 14.5 Å². The summed E-state index contributed by atoms with van der Waals surface area (Å²) in [4.78, 5) is 34.9. The van der Waals surface area contributed by atoms with Crippen LogP contribution >= 0.6 is 11.8 Å². The predicted octanol–water partition coefficient (Wildman–Crippen LogP) is 2.90. The number of amides is 1. The van der Waals surface area contributed by atoms with Crippen molar-refractivity contribution in [2.24, 2.45) is 5.92 Å². The van der Waals surface area contributed by atoms with Gasteiger partial charge in [-0.3, -0.25) is 25.1 Å². The third kappa shape index (κ3) is 5.56. The first-order valence-electron chi connectivity index (χ1n) is 15.5. The second-order valence-electron chi connectivity index (χ2n) is 12.8. The average Bonchev–Trinajstić information content (AvgIpc) is 3.42. The topological polar surface area (TPSA) is 101 Å². The quantitative estimate of drug-likeness (QED) is 0.483. The number of fused-ring (bicyclic) bond motifs is 2. The molecule has 3 saturated heterocycles. The molecule has 8 atom stereocenters. The van der Waals surface area contributed by atoms with Crippen molar-refractivity contribution in [3.05, 3.63) is 42.5 Å². The van der Waals surface area contributed by atoms with Gasteiger partial charge in [0.2, 0.25) is 5.91 Å². The number of nitrogens with one attached hydrogen (secondary N) is 2. The summed E-state index contributed by atoms with van der Waals surface area (Å²) in [6.45, 7) is 9.36. The molecule has 6 rings (SSSR count). The highest BCUT2D eigenvalue weighted by Gasteiger charge is 2.56. The van der Waals surface area contributed by atoms with Crippen molar-refractivity contribution in [3.8, 4) is 6.07 Å². The number of piperazine rings is 1.